The maximum absolute atomic E-state index is 14.2. The van der Waals surface area contributed by atoms with Crippen LogP contribution < -0.4 is 10.6 Å². The summed E-state index contributed by atoms with van der Waals surface area (Å²) in [6.07, 6.45) is 6.38. The van der Waals surface area contributed by atoms with E-state index in [0.29, 0.717) is 39.1 Å². The van der Waals surface area contributed by atoms with E-state index in [1.54, 1.807) is 4.90 Å². The Morgan fingerprint density at radius 3 is 2.34 bits per heavy atom. The molecule has 0 aromatic heterocycles. The zero-order valence-electron chi connectivity index (χ0n) is 24.6. The number of rotatable bonds is 10. The number of hydrogen-bond acceptors (Lipinski definition) is 5. The van der Waals surface area contributed by atoms with Crippen LogP contribution in [0.5, 0.6) is 0 Å². The van der Waals surface area contributed by atoms with Gasteiger partial charge in [0.15, 0.2) is 0 Å². The van der Waals surface area contributed by atoms with E-state index in [-0.39, 0.29) is 29.7 Å². The number of ether oxygens (including phenoxy) is 1. The lowest BCUT2D eigenvalue weighted by Gasteiger charge is -2.37. The highest BCUT2D eigenvalue weighted by Crippen LogP contribution is 2.36. The van der Waals surface area contributed by atoms with Crippen LogP contribution >= 0.6 is 0 Å². The first-order chi connectivity index (χ1) is 19.7. The molecule has 2 fully saturated rings. The van der Waals surface area contributed by atoms with E-state index in [0.717, 1.165) is 49.7 Å². The van der Waals surface area contributed by atoms with Gasteiger partial charge in [-0.25, -0.2) is 9.59 Å². The summed E-state index contributed by atoms with van der Waals surface area (Å²) < 4.78 is 5.39. The number of hydrogen-bond donors (Lipinski definition) is 3. The van der Waals surface area contributed by atoms with E-state index in [4.69, 9.17) is 4.74 Å². The van der Waals surface area contributed by atoms with Crippen molar-refractivity contribution in [3.05, 3.63) is 35.4 Å². The molecular formula is C31H46N4O6. The number of aliphatic carboxylic acids is 1. The molecule has 3 N–H and O–H groups in total. The van der Waals surface area contributed by atoms with Crippen LogP contribution in [0.25, 0.3) is 0 Å². The van der Waals surface area contributed by atoms with Crippen molar-refractivity contribution in [2.24, 2.45) is 11.8 Å². The third-order valence-electron chi connectivity index (χ3n) is 8.92. The second kappa shape index (κ2) is 14.2. The van der Waals surface area contributed by atoms with Crippen LogP contribution in [0.3, 0.4) is 0 Å². The van der Waals surface area contributed by atoms with Gasteiger partial charge in [-0.05, 0) is 55.1 Å². The number of nitrogens with zero attached hydrogens (tertiary/aromatic N) is 2. The molecule has 0 bridgehead atoms. The van der Waals surface area contributed by atoms with Crippen molar-refractivity contribution in [1.29, 1.82) is 0 Å². The molecule has 10 nitrogen and oxygen atoms in total. The van der Waals surface area contributed by atoms with Gasteiger partial charge in [0, 0.05) is 26.1 Å². The van der Waals surface area contributed by atoms with E-state index in [2.05, 4.69) is 16.7 Å². The number of carbonyl (C=O) groups is 4. The summed E-state index contributed by atoms with van der Waals surface area (Å²) in [6.45, 7) is 5.64. The number of nitrogens with one attached hydrogen (secondary N) is 2. The molecule has 0 radical (unpaired) electrons. The van der Waals surface area contributed by atoms with Crippen molar-refractivity contribution in [2.45, 2.75) is 89.3 Å². The van der Waals surface area contributed by atoms with Gasteiger partial charge in [0.25, 0.3) is 0 Å². The minimum atomic E-state index is -1.05. The molecule has 41 heavy (non-hydrogen) atoms. The third-order valence-corrected chi connectivity index (χ3v) is 8.92. The molecule has 226 valence electrons. The van der Waals surface area contributed by atoms with Gasteiger partial charge in [0.1, 0.15) is 18.1 Å². The van der Waals surface area contributed by atoms with E-state index < -0.39 is 30.0 Å². The predicted molar refractivity (Wildman–Crippen MR) is 154 cm³/mol. The molecule has 0 spiro atoms. The molecule has 1 unspecified atom stereocenters. The normalized spacial score (nSPS) is 21.5. The Kier molecular flexibility index (Phi) is 10.6. The first-order valence-corrected chi connectivity index (χ1v) is 15.2. The van der Waals surface area contributed by atoms with Crippen LogP contribution in [0.4, 0.5) is 4.79 Å². The number of amides is 4. The lowest BCUT2D eigenvalue weighted by atomic mass is 9.82. The first-order valence-electron chi connectivity index (χ1n) is 15.2. The summed E-state index contributed by atoms with van der Waals surface area (Å²) in [6, 6.07) is 4.95. The second-order valence-electron chi connectivity index (χ2n) is 12.2. The SMILES string of the molecule is CC(C)C[C@H](C(=O)O)N(C)C(=O)[C@H](NC(=O)[C@H](NC(=O)N1CCOCC1)C1CCc2ccccc21)C1CCCCC1. The molecule has 1 saturated carbocycles. The highest BCUT2D eigenvalue weighted by Gasteiger charge is 2.41. The number of urea groups is 1. The van der Waals surface area contributed by atoms with Crippen LogP contribution in [0, 0.1) is 11.8 Å². The number of benzene rings is 1. The average molecular weight is 571 g/mol. The maximum Gasteiger partial charge on any atom is 0.326 e. The molecule has 10 heteroatoms. The lowest BCUT2D eigenvalue weighted by molar-refractivity contribution is -0.151. The molecule has 1 aromatic rings. The molecular weight excluding hydrogens is 524 g/mol. The molecule has 1 aliphatic heterocycles. The number of fused-ring (bicyclic) bond motifs is 1. The standard InChI is InChI=1S/C31H46N4O6/c1-20(2)19-25(30(38)39)34(3)29(37)26(22-10-5-4-6-11-22)32-28(36)27(33-31(40)35-15-17-41-18-16-35)24-14-13-21-9-7-8-12-23(21)24/h7-9,12,20,22,24-27H,4-6,10-11,13-19H2,1-3H3,(H,32,36)(H,33,40)(H,38,39)/t24?,25-,26-,27-/m1/s1. The smallest absolute Gasteiger partial charge is 0.326 e. The molecule has 2 aliphatic carbocycles. The molecule has 3 aliphatic rings. The first kappa shape index (κ1) is 30.8. The monoisotopic (exact) mass is 570 g/mol. The summed E-state index contributed by atoms with van der Waals surface area (Å²) in [7, 11) is 1.52. The zero-order valence-corrected chi connectivity index (χ0v) is 24.6. The number of aryl methyl sites for hydroxylation is 1. The average Bonchev–Trinajstić information content (AvgIpc) is 3.41. The van der Waals surface area contributed by atoms with Gasteiger partial charge in [0.2, 0.25) is 11.8 Å². The maximum atomic E-state index is 14.2. The van der Waals surface area contributed by atoms with E-state index in [1.165, 1.54) is 11.9 Å². The summed E-state index contributed by atoms with van der Waals surface area (Å²) in [5, 5.41) is 16.0. The molecule has 1 heterocycles. The molecule has 4 atom stereocenters. The van der Waals surface area contributed by atoms with Crippen LogP contribution in [0.1, 0.15) is 75.8 Å². The Morgan fingerprint density at radius 2 is 1.68 bits per heavy atom. The van der Waals surface area contributed by atoms with Crippen molar-refractivity contribution in [3.8, 4) is 0 Å². The van der Waals surface area contributed by atoms with Crippen molar-refractivity contribution >= 4 is 23.8 Å². The summed E-state index contributed by atoms with van der Waals surface area (Å²) in [4.78, 5) is 56.5. The Morgan fingerprint density at radius 1 is 1.00 bits per heavy atom. The van der Waals surface area contributed by atoms with Gasteiger partial charge in [-0.15, -0.1) is 0 Å². The molecule has 1 saturated heterocycles. The van der Waals surface area contributed by atoms with Crippen molar-refractivity contribution in [2.75, 3.05) is 33.4 Å². The fourth-order valence-electron chi connectivity index (χ4n) is 6.61. The number of carboxylic acids is 1. The van der Waals surface area contributed by atoms with Crippen molar-refractivity contribution in [3.63, 3.8) is 0 Å². The largest absolute Gasteiger partial charge is 0.480 e. The predicted octanol–water partition coefficient (Wildman–Crippen LogP) is 3.15. The van der Waals surface area contributed by atoms with E-state index in [9.17, 15) is 24.3 Å². The zero-order chi connectivity index (χ0) is 29.5. The summed E-state index contributed by atoms with van der Waals surface area (Å²) in [5.74, 6) is -2.09. The topological polar surface area (TPSA) is 128 Å². The van der Waals surface area contributed by atoms with Gasteiger partial charge in [-0.3, -0.25) is 9.59 Å². The Labute approximate surface area is 243 Å². The Bertz CT molecular complexity index is 1080. The highest BCUT2D eigenvalue weighted by molar-refractivity contribution is 5.94. The molecule has 4 rings (SSSR count). The third kappa shape index (κ3) is 7.58. The van der Waals surface area contributed by atoms with Gasteiger partial charge in [-0.1, -0.05) is 57.4 Å². The highest BCUT2D eigenvalue weighted by atomic mass is 16.5. The Hall–Kier alpha value is -3.14. The second-order valence-corrected chi connectivity index (χ2v) is 12.2. The number of morpholine rings is 1. The molecule has 1 aromatic carbocycles. The van der Waals surface area contributed by atoms with E-state index >= 15 is 0 Å². The number of carbonyl (C=O) groups excluding carboxylic acids is 3. The minimum Gasteiger partial charge on any atom is -0.480 e. The number of carboxylic acid groups (broad SMARTS) is 1. The fourth-order valence-corrected chi connectivity index (χ4v) is 6.61. The lowest BCUT2D eigenvalue weighted by Crippen LogP contribution is -2.60. The van der Waals surface area contributed by atoms with Gasteiger partial charge < -0.3 is 30.3 Å². The van der Waals surface area contributed by atoms with Crippen LogP contribution in [-0.2, 0) is 25.5 Å². The van der Waals surface area contributed by atoms with Gasteiger partial charge >= 0.3 is 12.0 Å². The molecule has 4 amide bonds. The fraction of sp³-hybridized carbons (Fsp3) is 0.677. The van der Waals surface area contributed by atoms with Gasteiger partial charge in [-0.2, -0.15) is 0 Å². The van der Waals surface area contributed by atoms with Crippen LogP contribution in [-0.4, -0.2) is 90.2 Å². The summed E-state index contributed by atoms with van der Waals surface area (Å²) in [5.41, 5.74) is 2.20. The van der Waals surface area contributed by atoms with Gasteiger partial charge in [0.05, 0.1) is 13.2 Å². The quantitative estimate of drug-likeness (QED) is 0.397. The van der Waals surface area contributed by atoms with Crippen LogP contribution in [0.2, 0.25) is 0 Å². The van der Waals surface area contributed by atoms with Crippen molar-refractivity contribution in [1.82, 2.24) is 20.4 Å². The number of likely N-dealkylation sites (N-methyl/N-ethyl adjacent to an activating group) is 1. The van der Waals surface area contributed by atoms with Crippen LogP contribution in [0.15, 0.2) is 24.3 Å². The minimum absolute atomic E-state index is 0.0799. The Balaban J connectivity index is 1.60. The summed E-state index contributed by atoms with van der Waals surface area (Å²) >= 11 is 0. The van der Waals surface area contributed by atoms with Crippen molar-refractivity contribution < 1.29 is 29.0 Å². The van der Waals surface area contributed by atoms with E-state index in [1.807, 2.05) is 32.0 Å².